The molecule has 0 atom stereocenters. The van der Waals surface area contributed by atoms with E-state index in [2.05, 4.69) is 0 Å². The van der Waals surface area contributed by atoms with Crippen LogP contribution in [0, 0.1) is 6.92 Å². The first-order valence-electron chi connectivity index (χ1n) is 4.60. The summed E-state index contributed by atoms with van der Waals surface area (Å²) in [6.45, 7) is 3.02. The first-order valence-corrected chi connectivity index (χ1v) is 6.08. The van der Waals surface area contributed by atoms with Crippen LogP contribution in [-0.4, -0.2) is 20.1 Å². The standard InChI is InChI=1S/C11H14O3S/c1-3-10(8-12)15(13,14)11-6-4-9(2)5-7-11/h3-7,12H,8H2,1-2H3/b10-3+. The summed E-state index contributed by atoms with van der Waals surface area (Å²) in [7, 11) is -3.51. The van der Waals surface area contributed by atoms with Gasteiger partial charge >= 0.3 is 0 Å². The fraction of sp³-hybridized carbons (Fsp3) is 0.273. The number of aliphatic hydroxyl groups is 1. The third-order valence-corrected chi connectivity index (χ3v) is 4.10. The number of allylic oxidation sites excluding steroid dienone is 1. The fourth-order valence-electron chi connectivity index (χ4n) is 1.20. The molecule has 0 amide bonds. The van der Waals surface area contributed by atoms with Crippen molar-refractivity contribution >= 4 is 9.84 Å². The Labute approximate surface area is 90.0 Å². The first-order chi connectivity index (χ1) is 7.02. The van der Waals surface area contributed by atoms with Crippen molar-refractivity contribution in [3.8, 4) is 0 Å². The number of aryl methyl sites for hydroxylation is 1. The molecule has 0 radical (unpaired) electrons. The summed E-state index contributed by atoms with van der Waals surface area (Å²) < 4.78 is 23.8. The van der Waals surface area contributed by atoms with Gasteiger partial charge in [0.2, 0.25) is 9.84 Å². The van der Waals surface area contributed by atoms with Crippen molar-refractivity contribution in [2.24, 2.45) is 0 Å². The normalized spacial score (nSPS) is 12.9. The molecule has 82 valence electrons. The van der Waals surface area contributed by atoms with E-state index in [9.17, 15) is 8.42 Å². The van der Waals surface area contributed by atoms with Gasteiger partial charge in [-0.2, -0.15) is 0 Å². The maximum Gasteiger partial charge on any atom is 0.204 e. The van der Waals surface area contributed by atoms with Gasteiger partial charge in [-0.3, -0.25) is 0 Å². The lowest BCUT2D eigenvalue weighted by Gasteiger charge is -2.06. The largest absolute Gasteiger partial charge is 0.391 e. The number of sulfone groups is 1. The Balaban J connectivity index is 3.23. The quantitative estimate of drug-likeness (QED) is 0.853. The molecule has 3 nitrogen and oxygen atoms in total. The van der Waals surface area contributed by atoms with E-state index in [1.807, 2.05) is 6.92 Å². The molecule has 15 heavy (non-hydrogen) atoms. The Kier molecular flexibility index (Phi) is 3.66. The van der Waals surface area contributed by atoms with Gasteiger partial charge in [-0.1, -0.05) is 23.8 Å². The lowest BCUT2D eigenvalue weighted by molar-refractivity contribution is 0.337. The molecule has 0 spiro atoms. The smallest absolute Gasteiger partial charge is 0.204 e. The highest BCUT2D eigenvalue weighted by Crippen LogP contribution is 2.18. The summed E-state index contributed by atoms with van der Waals surface area (Å²) in [6, 6.07) is 6.56. The highest BCUT2D eigenvalue weighted by molar-refractivity contribution is 7.95. The van der Waals surface area contributed by atoms with Gasteiger partial charge < -0.3 is 5.11 Å². The summed E-state index contributed by atoms with van der Waals surface area (Å²) in [5.74, 6) is 0. The van der Waals surface area contributed by atoms with Crippen LogP contribution in [0.4, 0.5) is 0 Å². The predicted molar refractivity (Wildman–Crippen MR) is 59.2 cm³/mol. The summed E-state index contributed by atoms with van der Waals surface area (Å²) >= 11 is 0. The van der Waals surface area contributed by atoms with Crippen molar-refractivity contribution in [2.75, 3.05) is 6.61 Å². The Bertz CT molecular complexity index is 455. The van der Waals surface area contributed by atoms with Crippen LogP contribution in [0.2, 0.25) is 0 Å². The molecule has 1 rings (SSSR count). The molecule has 1 N–H and O–H groups in total. The average Bonchev–Trinajstić information content (AvgIpc) is 2.19. The van der Waals surface area contributed by atoms with E-state index in [0.29, 0.717) is 0 Å². The maximum absolute atomic E-state index is 11.9. The number of hydrogen-bond acceptors (Lipinski definition) is 3. The molecule has 0 fully saturated rings. The van der Waals surface area contributed by atoms with Gasteiger partial charge in [-0.25, -0.2) is 8.42 Å². The fourth-order valence-corrected chi connectivity index (χ4v) is 2.48. The summed E-state index contributed by atoms with van der Waals surface area (Å²) in [6.07, 6.45) is 1.41. The van der Waals surface area contributed by atoms with Gasteiger partial charge in [-0.15, -0.1) is 0 Å². The molecule has 1 aromatic rings. The van der Waals surface area contributed by atoms with Gasteiger partial charge in [0.25, 0.3) is 0 Å². The first kappa shape index (κ1) is 11.9. The summed E-state index contributed by atoms with van der Waals surface area (Å²) in [4.78, 5) is 0.251. The third-order valence-electron chi connectivity index (χ3n) is 2.15. The third kappa shape index (κ3) is 2.46. The monoisotopic (exact) mass is 226 g/mol. The van der Waals surface area contributed by atoms with Crippen molar-refractivity contribution in [1.29, 1.82) is 0 Å². The molecule has 0 aliphatic rings. The lowest BCUT2D eigenvalue weighted by atomic mass is 10.2. The van der Waals surface area contributed by atoms with Crippen LogP contribution >= 0.6 is 0 Å². The van der Waals surface area contributed by atoms with Crippen LogP contribution in [-0.2, 0) is 9.84 Å². The van der Waals surface area contributed by atoms with Crippen LogP contribution in [0.1, 0.15) is 12.5 Å². The van der Waals surface area contributed by atoms with E-state index >= 15 is 0 Å². The molecule has 0 bridgehead atoms. The zero-order chi connectivity index (χ0) is 11.5. The molecule has 0 saturated heterocycles. The number of rotatable bonds is 3. The van der Waals surface area contributed by atoms with Crippen molar-refractivity contribution in [1.82, 2.24) is 0 Å². The van der Waals surface area contributed by atoms with Crippen molar-refractivity contribution < 1.29 is 13.5 Å². The minimum Gasteiger partial charge on any atom is -0.391 e. The minimum absolute atomic E-state index is 0.0337. The van der Waals surface area contributed by atoms with E-state index in [0.717, 1.165) is 5.56 Å². The molecule has 0 aromatic heterocycles. The van der Waals surface area contributed by atoms with Gasteiger partial charge in [0.1, 0.15) is 0 Å². The topological polar surface area (TPSA) is 54.4 Å². The average molecular weight is 226 g/mol. The molecule has 0 unspecified atom stereocenters. The summed E-state index contributed by atoms with van der Waals surface area (Å²) in [5.41, 5.74) is 1.000. The van der Waals surface area contributed by atoms with E-state index in [1.54, 1.807) is 31.2 Å². The maximum atomic E-state index is 11.9. The van der Waals surface area contributed by atoms with Crippen LogP contribution in [0.15, 0.2) is 40.1 Å². The Hall–Kier alpha value is -1.13. The van der Waals surface area contributed by atoms with E-state index in [1.165, 1.54) is 6.08 Å². The van der Waals surface area contributed by atoms with Crippen LogP contribution in [0.5, 0.6) is 0 Å². The molecule has 0 aliphatic carbocycles. The van der Waals surface area contributed by atoms with Crippen LogP contribution < -0.4 is 0 Å². The number of hydrogen-bond donors (Lipinski definition) is 1. The highest BCUT2D eigenvalue weighted by atomic mass is 32.2. The SMILES string of the molecule is C/C=C(\CO)S(=O)(=O)c1ccc(C)cc1. The van der Waals surface area contributed by atoms with E-state index in [4.69, 9.17) is 5.11 Å². The van der Waals surface area contributed by atoms with Crippen LogP contribution in [0.3, 0.4) is 0 Å². The Morgan fingerprint density at radius 1 is 1.33 bits per heavy atom. The number of aliphatic hydroxyl groups excluding tert-OH is 1. The second kappa shape index (κ2) is 4.59. The molecule has 0 aliphatic heterocycles. The second-order valence-electron chi connectivity index (χ2n) is 3.23. The van der Waals surface area contributed by atoms with Gasteiger partial charge in [0.05, 0.1) is 16.4 Å². The molecular weight excluding hydrogens is 212 g/mol. The Morgan fingerprint density at radius 3 is 2.27 bits per heavy atom. The van der Waals surface area contributed by atoms with E-state index in [-0.39, 0.29) is 9.80 Å². The summed E-state index contributed by atoms with van der Waals surface area (Å²) in [5, 5.41) is 8.93. The Morgan fingerprint density at radius 2 is 1.87 bits per heavy atom. The molecule has 1 aromatic carbocycles. The van der Waals surface area contributed by atoms with Crippen molar-refractivity contribution in [3.05, 3.63) is 40.8 Å². The van der Waals surface area contributed by atoms with Crippen molar-refractivity contribution in [2.45, 2.75) is 18.7 Å². The molecule has 4 heteroatoms. The molecule has 0 heterocycles. The zero-order valence-electron chi connectivity index (χ0n) is 8.77. The highest BCUT2D eigenvalue weighted by Gasteiger charge is 2.18. The molecular formula is C11H14O3S. The van der Waals surface area contributed by atoms with Gasteiger partial charge in [0, 0.05) is 0 Å². The number of benzene rings is 1. The van der Waals surface area contributed by atoms with E-state index < -0.39 is 16.4 Å². The molecule has 0 saturated carbocycles. The zero-order valence-corrected chi connectivity index (χ0v) is 9.58. The van der Waals surface area contributed by atoms with Gasteiger partial charge in [-0.05, 0) is 26.0 Å². The van der Waals surface area contributed by atoms with Crippen LogP contribution in [0.25, 0.3) is 0 Å². The lowest BCUT2D eigenvalue weighted by Crippen LogP contribution is -2.07. The minimum atomic E-state index is -3.51. The predicted octanol–water partition coefficient (Wildman–Crippen LogP) is 1.66. The van der Waals surface area contributed by atoms with Gasteiger partial charge in [0.15, 0.2) is 0 Å². The van der Waals surface area contributed by atoms with Crippen molar-refractivity contribution in [3.63, 3.8) is 0 Å². The second-order valence-corrected chi connectivity index (χ2v) is 5.23.